The monoisotopic (exact) mass is 390 g/mol. The Kier molecular flexibility index (Phi) is 5.19. The number of benzene rings is 1. The van der Waals surface area contributed by atoms with Crippen molar-refractivity contribution in [1.82, 2.24) is 14.8 Å². The lowest BCUT2D eigenvalue weighted by Crippen LogP contribution is -2.49. The van der Waals surface area contributed by atoms with E-state index in [0.717, 1.165) is 40.6 Å². The van der Waals surface area contributed by atoms with Crippen LogP contribution < -0.4 is 0 Å². The number of aliphatic carboxylic acids is 1. The summed E-state index contributed by atoms with van der Waals surface area (Å²) < 4.78 is 0.960. The zero-order chi connectivity index (χ0) is 17.1. The molecule has 126 valence electrons. The molecule has 1 aliphatic rings. The zero-order valence-corrected chi connectivity index (χ0v) is 14.8. The number of carboxylic acid groups (broad SMARTS) is 1. The van der Waals surface area contributed by atoms with E-state index in [1.54, 1.807) is 6.20 Å². The van der Waals surface area contributed by atoms with E-state index < -0.39 is 12.0 Å². The minimum absolute atomic E-state index is 0.514. The Morgan fingerprint density at radius 1 is 1.38 bits per heavy atom. The van der Waals surface area contributed by atoms with Crippen molar-refractivity contribution in [3.8, 4) is 6.07 Å². The minimum Gasteiger partial charge on any atom is -0.480 e. The average Bonchev–Trinajstić information content (AvgIpc) is 2.97. The number of H-pyrrole nitrogens is 1. The molecule has 1 atom stereocenters. The second-order valence-corrected chi connectivity index (χ2v) is 6.88. The predicted octanol–water partition coefficient (Wildman–Crippen LogP) is 2.59. The summed E-state index contributed by atoms with van der Waals surface area (Å²) in [6, 6.07) is 7.34. The number of nitriles is 1. The normalized spacial score (nSPS) is 17.7. The van der Waals surface area contributed by atoms with Crippen LogP contribution in [0.3, 0.4) is 0 Å². The highest BCUT2D eigenvalue weighted by atomic mass is 79.9. The molecular formula is C17H19BrN4O2. The molecule has 1 fully saturated rings. The largest absolute Gasteiger partial charge is 0.480 e. The third-order valence-corrected chi connectivity index (χ3v) is 5.01. The Labute approximate surface area is 148 Å². The van der Waals surface area contributed by atoms with Crippen LogP contribution in [0.5, 0.6) is 0 Å². The second kappa shape index (κ2) is 7.34. The van der Waals surface area contributed by atoms with Crippen molar-refractivity contribution in [3.05, 3.63) is 34.4 Å². The zero-order valence-electron chi connectivity index (χ0n) is 13.2. The predicted molar refractivity (Wildman–Crippen MR) is 94.6 cm³/mol. The number of nitrogens with one attached hydrogen (secondary N) is 1. The van der Waals surface area contributed by atoms with Crippen LogP contribution in [0, 0.1) is 11.3 Å². The van der Waals surface area contributed by atoms with Gasteiger partial charge in [-0.15, -0.1) is 0 Å². The lowest BCUT2D eigenvalue weighted by molar-refractivity contribution is -0.144. The Bertz CT molecular complexity index is 774. The van der Waals surface area contributed by atoms with Crippen LogP contribution in [0.15, 0.2) is 28.9 Å². The van der Waals surface area contributed by atoms with E-state index in [4.69, 9.17) is 5.26 Å². The number of hydrogen-bond acceptors (Lipinski definition) is 4. The van der Waals surface area contributed by atoms with Crippen molar-refractivity contribution in [2.24, 2.45) is 0 Å². The van der Waals surface area contributed by atoms with Gasteiger partial charge >= 0.3 is 5.97 Å². The lowest BCUT2D eigenvalue weighted by Gasteiger charge is -2.37. The molecule has 0 saturated carbocycles. The molecule has 0 amide bonds. The minimum atomic E-state index is -0.829. The Hall–Kier alpha value is -1.88. The van der Waals surface area contributed by atoms with E-state index in [1.165, 1.54) is 0 Å². The van der Waals surface area contributed by atoms with Crippen molar-refractivity contribution < 1.29 is 9.90 Å². The molecule has 7 heteroatoms. The number of piperazine rings is 1. The quantitative estimate of drug-likeness (QED) is 0.819. The van der Waals surface area contributed by atoms with Gasteiger partial charge in [-0.05, 0) is 12.1 Å². The first-order chi connectivity index (χ1) is 11.6. The van der Waals surface area contributed by atoms with Gasteiger partial charge in [0.15, 0.2) is 0 Å². The van der Waals surface area contributed by atoms with E-state index in [-0.39, 0.29) is 0 Å². The van der Waals surface area contributed by atoms with E-state index >= 15 is 0 Å². The number of carboxylic acids is 1. The van der Waals surface area contributed by atoms with Gasteiger partial charge in [-0.2, -0.15) is 5.26 Å². The number of carbonyl (C=O) groups is 1. The molecule has 2 heterocycles. The summed E-state index contributed by atoms with van der Waals surface area (Å²) in [4.78, 5) is 19.3. The Morgan fingerprint density at radius 3 is 2.79 bits per heavy atom. The van der Waals surface area contributed by atoms with Crippen LogP contribution in [-0.2, 0) is 4.79 Å². The van der Waals surface area contributed by atoms with E-state index in [0.29, 0.717) is 19.5 Å². The number of rotatable bonds is 5. The molecule has 0 spiro atoms. The van der Waals surface area contributed by atoms with Crippen LogP contribution in [0.2, 0.25) is 0 Å². The molecule has 2 N–H and O–H groups in total. The fourth-order valence-corrected chi connectivity index (χ4v) is 3.65. The topological polar surface area (TPSA) is 83.4 Å². The first-order valence-electron chi connectivity index (χ1n) is 7.93. The summed E-state index contributed by atoms with van der Waals surface area (Å²) >= 11 is 3.44. The van der Waals surface area contributed by atoms with Gasteiger partial charge in [0.2, 0.25) is 0 Å². The maximum Gasteiger partial charge on any atom is 0.325 e. The van der Waals surface area contributed by atoms with Crippen molar-refractivity contribution >= 4 is 32.8 Å². The van der Waals surface area contributed by atoms with Crippen molar-refractivity contribution in [3.63, 3.8) is 0 Å². The van der Waals surface area contributed by atoms with Gasteiger partial charge < -0.3 is 10.1 Å². The summed E-state index contributed by atoms with van der Waals surface area (Å²) in [6.07, 6.45) is 2.32. The summed E-state index contributed by atoms with van der Waals surface area (Å²) in [5, 5.41) is 19.4. The fourth-order valence-electron chi connectivity index (χ4n) is 3.29. The molecule has 0 bridgehead atoms. The summed E-state index contributed by atoms with van der Waals surface area (Å²) in [5.41, 5.74) is 1.73. The van der Waals surface area contributed by atoms with Crippen LogP contribution in [0.1, 0.15) is 18.0 Å². The third-order valence-electron chi connectivity index (χ3n) is 4.52. The van der Waals surface area contributed by atoms with Crippen LogP contribution in [0.4, 0.5) is 0 Å². The molecule has 0 aliphatic carbocycles. The fraction of sp³-hybridized carbons (Fsp3) is 0.412. The molecular weight excluding hydrogens is 372 g/mol. The average molecular weight is 391 g/mol. The Morgan fingerprint density at radius 2 is 2.12 bits per heavy atom. The van der Waals surface area contributed by atoms with Gasteiger partial charge in [0.1, 0.15) is 6.04 Å². The van der Waals surface area contributed by atoms with Gasteiger partial charge in [-0.25, -0.2) is 0 Å². The maximum atomic E-state index is 11.9. The van der Waals surface area contributed by atoms with Gasteiger partial charge in [0.05, 0.1) is 6.07 Å². The van der Waals surface area contributed by atoms with Crippen LogP contribution >= 0.6 is 15.9 Å². The second-order valence-electron chi connectivity index (χ2n) is 5.96. The van der Waals surface area contributed by atoms with E-state index in [1.807, 2.05) is 23.1 Å². The molecule has 0 radical (unpaired) electrons. The van der Waals surface area contributed by atoms with Gasteiger partial charge in [0.25, 0.3) is 0 Å². The number of hydrogen-bond donors (Lipinski definition) is 2. The highest BCUT2D eigenvalue weighted by Gasteiger charge is 2.31. The number of aromatic amines is 1. The standard InChI is InChI=1S/C17H19BrN4O2/c18-12-2-3-13-14(11-20-15(13)10-12)16(17(23)24)22-8-6-21(7-9-22)5-1-4-19/h2-3,10-11,16,20H,1,5-9H2,(H,23,24). The highest BCUT2D eigenvalue weighted by molar-refractivity contribution is 9.10. The first-order valence-corrected chi connectivity index (χ1v) is 8.72. The molecule has 1 saturated heterocycles. The first kappa shape index (κ1) is 17.0. The third kappa shape index (κ3) is 3.46. The molecule has 1 unspecified atom stereocenters. The molecule has 6 nitrogen and oxygen atoms in total. The molecule has 24 heavy (non-hydrogen) atoms. The molecule has 1 aliphatic heterocycles. The highest BCUT2D eigenvalue weighted by Crippen LogP contribution is 2.31. The molecule has 2 aromatic rings. The number of aromatic nitrogens is 1. The lowest BCUT2D eigenvalue weighted by atomic mass is 10.0. The SMILES string of the molecule is N#CCCN1CCN(C(C(=O)O)c2c[nH]c3cc(Br)ccc23)CC1. The number of nitrogens with zero attached hydrogens (tertiary/aromatic N) is 3. The summed E-state index contributed by atoms with van der Waals surface area (Å²) in [6.45, 7) is 3.71. The molecule has 1 aromatic carbocycles. The van der Waals surface area contributed by atoms with E-state index in [9.17, 15) is 9.90 Å². The van der Waals surface area contributed by atoms with Crippen LogP contribution in [-0.4, -0.2) is 58.6 Å². The summed E-state index contributed by atoms with van der Waals surface area (Å²) in [5.74, 6) is -0.829. The van der Waals surface area contributed by atoms with Crippen LogP contribution in [0.25, 0.3) is 10.9 Å². The Balaban J connectivity index is 1.81. The van der Waals surface area contributed by atoms with Gasteiger partial charge in [-0.3, -0.25) is 14.6 Å². The van der Waals surface area contributed by atoms with Gasteiger partial charge in [0, 0.05) is 66.3 Å². The molecule has 1 aromatic heterocycles. The van der Waals surface area contributed by atoms with Crippen molar-refractivity contribution in [2.45, 2.75) is 12.5 Å². The van der Waals surface area contributed by atoms with Gasteiger partial charge in [-0.1, -0.05) is 22.0 Å². The van der Waals surface area contributed by atoms with E-state index in [2.05, 4.69) is 31.9 Å². The summed E-state index contributed by atoms with van der Waals surface area (Å²) in [7, 11) is 0. The smallest absolute Gasteiger partial charge is 0.325 e. The number of halogens is 1. The van der Waals surface area contributed by atoms with Crippen molar-refractivity contribution in [2.75, 3.05) is 32.7 Å². The number of fused-ring (bicyclic) bond motifs is 1. The maximum absolute atomic E-state index is 11.9. The van der Waals surface area contributed by atoms with Crippen molar-refractivity contribution in [1.29, 1.82) is 5.26 Å². The molecule has 3 rings (SSSR count).